The molecule has 2 aliphatic heterocycles. The molecule has 1 aliphatic carbocycles. The van der Waals surface area contributed by atoms with Gasteiger partial charge in [0, 0.05) is 26.7 Å². The van der Waals surface area contributed by atoms with Gasteiger partial charge in [0.15, 0.2) is 5.96 Å². The number of urea groups is 1. The van der Waals surface area contributed by atoms with Gasteiger partial charge in [-0.3, -0.25) is 15.1 Å². The van der Waals surface area contributed by atoms with Crippen molar-refractivity contribution in [2.24, 2.45) is 10.9 Å². The molecule has 3 amide bonds. The minimum Gasteiger partial charge on any atom is -0.356 e. The lowest BCUT2D eigenvalue weighted by Gasteiger charge is -2.39. The number of hydrogen-bond donors (Lipinski definition) is 3. The number of guanidine groups is 1. The Morgan fingerprint density at radius 3 is 2.69 bits per heavy atom. The van der Waals surface area contributed by atoms with Gasteiger partial charge in [-0.25, -0.2) is 4.79 Å². The van der Waals surface area contributed by atoms with Gasteiger partial charge >= 0.3 is 6.03 Å². The standard InChI is InChI=1S/C19H31N5O2/c1-19(16(25)22-18(26)23-19)15-9-12-24(13-10-15)17(20-2)21-11-8-14-6-4-3-5-7-14/h6,15H,3-5,7-13H2,1-2H3,(H,20,21)(H2,22,23,25,26). The average molecular weight is 361 g/mol. The van der Waals surface area contributed by atoms with Crippen LogP contribution in [0.4, 0.5) is 4.79 Å². The number of piperidine rings is 1. The summed E-state index contributed by atoms with van der Waals surface area (Å²) in [6, 6.07) is -0.380. The molecule has 2 fully saturated rings. The quantitative estimate of drug-likeness (QED) is 0.308. The van der Waals surface area contributed by atoms with E-state index in [0.717, 1.165) is 44.9 Å². The van der Waals surface area contributed by atoms with E-state index >= 15 is 0 Å². The highest BCUT2D eigenvalue weighted by molar-refractivity contribution is 6.07. The van der Waals surface area contributed by atoms with E-state index in [1.165, 1.54) is 25.7 Å². The van der Waals surface area contributed by atoms with Crippen molar-refractivity contribution in [2.45, 2.75) is 57.4 Å². The first-order valence-corrected chi connectivity index (χ1v) is 9.80. The number of nitrogens with one attached hydrogen (secondary N) is 3. The molecule has 7 heteroatoms. The van der Waals surface area contributed by atoms with Gasteiger partial charge in [-0.2, -0.15) is 0 Å². The fourth-order valence-electron chi connectivity index (χ4n) is 4.31. The first-order valence-electron chi connectivity index (χ1n) is 9.80. The molecule has 0 aromatic heterocycles. The van der Waals surface area contributed by atoms with Crippen molar-refractivity contribution in [1.29, 1.82) is 0 Å². The Morgan fingerprint density at radius 1 is 1.35 bits per heavy atom. The zero-order valence-corrected chi connectivity index (χ0v) is 15.9. The smallest absolute Gasteiger partial charge is 0.322 e. The summed E-state index contributed by atoms with van der Waals surface area (Å²) >= 11 is 0. The second-order valence-electron chi connectivity index (χ2n) is 7.70. The minimum atomic E-state index is -0.784. The molecular weight excluding hydrogens is 330 g/mol. The number of amides is 3. The predicted octanol–water partition coefficient (Wildman–Crippen LogP) is 1.76. The Balaban J connectivity index is 1.47. The van der Waals surface area contributed by atoms with E-state index in [1.807, 2.05) is 14.0 Å². The van der Waals surface area contributed by atoms with E-state index in [0.29, 0.717) is 0 Å². The fourth-order valence-corrected chi connectivity index (χ4v) is 4.31. The van der Waals surface area contributed by atoms with Crippen LogP contribution in [-0.2, 0) is 4.79 Å². The highest BCUT2D eigenvalue weighted by Crippen LogP contribution is 2.30. The number of carbonyl (C=O) groups excluding carboxylic acids is 2. The Hall–Kier alpha value is -2.05. The van der Waals surface area contributed by atoms with Crippen LogP contribution in [0.15, 0.2) is 16.6 Å². The van der Waals surface area contributed by atoms with Crippen LogP contribution in [0, 0.1) is 5.92 Å². The molecule has 0 aromatic carbocycles. The lowest BCUT2D eigenvalue weighted by Crippen LogP contribution is -2.55. The fraction of sp³-hybridized carbons (Fsp3) is 0.737. The van der Waals surface area contributed by atoms with E-state index in [1.54, 1.807) is 5.57 Å². The number of hydrogen-bond acceptors (Lipinski definition) is 3. The molecule has 2 heterocycles. The second-order valence-corrected chi connectivity index (χ2v) is 7.70. The highest BCUT2D eigenvalue weighted by Gasteiger charge is 2.48. The summed E-state index contributed by atoms with van der Waals surface area (Å²) in [4.78, 5) is 30.3. The number of nitrogens with zero attached hydrogens (tertiary/aromatic N) is 2. The summed E-state index contributed by atoms with van der Waals surface area (Å²) in [6.07, 6.45) is 10.3. The number of carbonyl (C=O) groups is 2. The lowest BCUT2D eigenvalue weighted by atomic mass is 9.79. The van der Waals surface area contributed by atoms with E-state index in [-0.39, 0.29) is 17.9 Å². The third-order valence-corrected chi connectivity index (χ3v) is 6.01. The van der Waals surface area contributed by atoms with Crippen molar-refractivity contribution in [2.75, 3.05) is 26.7 Å². The number of allylic oxidation sites excluding steroid dienone is 1. The van der Waals surface area contributed by atoms with Crippen LogP contribution in [0.5, 0.6) is 0 Å². The molecule has 144 valence electrons. The summed E-state index contributed by atoms with van der Waals surface area (Å²) in [5.74, 6) is 0.879. The third kappa shape index (κ3) is 4.02. The van der Waals surface area contributed by atoms with E-state index in [9.17, 15) is 9.59 Å². The normalized spacial score (nSPS) is 27.8. The van der Waals surface area contributed by atoms with Crippen molar-refractivity contribution >= 4 is 17.9 Å². The highest BCUT2D eigenvalue weighted by atomic mass is 16.2. The van der Waals surface area contributed by atoms with Crippen LogP contribution in [-0.4, -0.2) is 55.0 Å². The van der Waals surface area contributed by atoms with Crippen LogP contribution in [0.1, 0.15) is 51.9 Å². The summed E-state index contributed by atoms with van der Waals surface area (Å²) in [6.45, 7) is 4.42. The Bertz CT molecular complexity index is 607. The summed E-state index contributed by atoms with van der Waals surface area (Å²) in [7, 11) is 1.82. The Labute approximate surface area is 155 Å². The van der Waals surface area contributed by atoms with Gasteiger partial charge in [0.2, 0.25) is 0 Å². The number of rotatable bonds is 4. The van der Waals surface area contributed by atoms with E-state index in [2.05, 4.69) is 31.9 Å². The van der Waals surface area contributed by atoms with Gasteiger partial charge in [0.25, 0.3) is 5.91 Å². The van der Waals surface area contributed by atoms with Crippen molar-refractivity contribution in [1.82, 2.24) is 20.9 Å². The molecule has 0 radical (unpaired) electrons. The maximum atomic E-state index is 12.1. The molecule has 26 heavy (non-hydrogen) atoms. The van der Waals surface area contributed by atoms with Crippen LogP contribution in [0.25, 0.3) is 0 Å². The molecule has 3 aliphatic rings. The molecule has 3 N–H and O–H groups in total. The molecular formula is C19H31N5O2. The Kier molecular flexibility index (Phi) is 5.84. The largest absolute Gasteiger partial charge is 0.356 e. The molecule has 1 atom stereocenters. The zero-order chi connectivity index (χ0) is 18.6. The molecule has 2 saturated heterocycles. The summed E-state index contributed by atoms with van der Waals surface area (Å²) < 4.78 is 0. The van der Waals surface area contributed by atoms with Gasteiger partial charge in [-0.1, -0.05) is 11.6 Å². The minimum absolute atomic E-state index is 0.149. The second kappa shape index (κ2) is 8.10. The first-order chi connectivity index (χ1) is 12.5. The maximum Gasteiger partial charge on any atom is 0.322 e. The SMILES string of the molecule is CN=C(NCCC1=CCCCC1)N1CCC(C2(C)NC(=O)NC2=O)CC1. The van der Waals surface area contributed by atoms with Crippen LogP contribution in [0.3, 0.4) is 0 Å². The molecule has 1 unspecified atom stereocenters. The molecule has 0 spiro atoms. The number of imide groups is 1. The van der Waals surface area contributed by atoms with Gasteiger partial charge in [-0.05, 0) is 57.8 Å². The number of aliphatic imine (C=N–C) groups is 1. The van der Waals surface area contributed by atoms with Gasteiger partial charge in [0.05, 0.1) is 0 Å². The van der Waals surface area contributed by atoms with Crippen LogP contribution < -0.4 is 16.0 Å². The first kappa shape index (κ1) is 18.7. The van der Waals surface area contributed by atoms with E-state index in [4.69, 9.17) is 0 Å². The van der Waals surface area contributed by atoms with Crippen molar-refractivity contribution in [3.05, 3.63) is 11.6 Å². The molecule has 7 nitrogen and oxygen atoms in total. The van der Waals surface area contributed by atoms with Crippen LogP contribution in [0.2, 0.25) is 0 Å². The molecule has 0 saturated carbocycles. The number of likely N-dealkylation sites (tertiary alicyclic amines) is 1. The summed E-state index contributed by atoms with van der Waals surface area (Å²) in [5.41, 5.74) is 0.780. The van der Waals surface area contributed by atoms with Crippen molar-refractivity contribution in [3.8, 4) is 0 Å². The zero-order valence-electron chi connectivity index (χ0n) is 15.9. The molecule has 3 rings (SSSR count). The van der Waals surface area contributed by atoms with Crippen molar-refractivity contribution < 1.29 is 9.59 Å². The van der Waals surface area contributed by atoms with Gasteiger partial charge in [0.1, 0.15) is 5.54 Å². The average Bonchev–Trinajstić information content (AvgIpc) is 2.92. The monoisotopic (exact) mass is 361 g/mol. The maximum absolute atomic E-state index is 12.1. The predicted molar refractivity (Wildman–Crippen MR) is 102 cm³/mol. The third-order valence-electron chi connectivity index (χ3n) is 6.01. The van der Waals surface area contributed by atoms with Gasteiger partial charge in [-0.15, -0.1) is 0 Å². The Morgan fingerprint density at radius 2 is 2.12 bits per heavy atom. The topological polar surface area (TPSA) is 85.8 Å². The summed E-state index contributed by atoms with van der Waals surface area (Å²) in [5, 5.41) is 8.66. The van der Waals surface area contributed by atoms with Crippen LogP contribution >= 0.6 is 0 Å². The molecule has 0 bridgehead atoms. The lowest BCUT2D eigenvalue weighted by molar-refractivity contribution is -0.125. The van der Waals surface area contributed by atoms with Crippen molar-refractivity contribution in [3.63, 3.8) is 0 Å². The van der Waals surface area contributed by atoms with Gasteiger partial charge < -0.3 is 15.5 Å². The van der Waals surface area contributed by atoms with E-state index < -0.39 is 5.54 Å². The molecule has 0 aromatic rings.